The minimum Gasteiger partial charge on any atom is -0.391 e. The van der Waals surface area contributed by atoms with Crippen LogP contribution in [0.2, 0.25) is 5.02 Å². The number of hydrogen-bond donors (Lipinski definition) is 2. The molecule has 2 aliphatic heterocycles. The number of nitrogens with zero attached hydrogens (tertiary/aromatic N) is 2. The highest BCUT2D eigenvalue weighted by molar-refractivity contribution is 6.30. The normalized spacial score (nSPS) is 28.9. The van der Waals surface area contributed by atoms with Crippen molar-refractivity contribution in [3.05, 3.63) is 28.8 Å². The van der Waals surface area contributed by atoms with Crippen molar-refractivity contribution in [1.82, 2.24) is 9.80 Å². The predicted octanol–water partition coefficient (Wildman–Crippen LogP) is 2.12. The van der Waals surface area contributed by atoms with Crippen LogP contribution in [0.4, 0.5) is 5.69 Å². The van der Waals surface area contributed by atoms with E-state index in [2.05, 4.69) is 10.2 Å². The molecule has 2 aliphatic rings. The molecule has 1 aromatic carbocycles. The van der Waals surface area contributed by atoms with Crippen LogP contribution in [0.3, 0.4) is 0 Å². The lowest BCUT2D eigenvalue weighted by molar-refractivity contribution is -0.141. The van der Waals surface area contributed by atoms with Gasteiger partial charge in [-0.2, -0.15) is 0 Å². The van der Waals surface area contributed by atoms with Crippen molar-refractivity contribution < 1.29 is 9.90 Å². The predicted molar refractivity (Wildman–Crippen MR) is 96.5 cm³/mol. The van der Waals surface area contributed by atoms with E-state index in [-0.39, 0.29) is 18.0 Å². The van der Waals surface area contributed by atoms with Gasteiger partial charge in [-0.05, 0) is 57.0 Å². The Morgan fingerprint density at radius 1 is 1.25 bits per heavy atom. The number of piperidine rings is 2. The Morgan fingerprint density at radius 3 is 2.79 bits per heavy atom. The fourth-order valence-corrected chi connectivity index (χ4v) is 4.06. The van der Waals surface area contributed by atoms with Crippen molar-refractivity contribution in [3.8, 4) is 0 Å². The number of carbonyl (C=O) groups excluding carboxylic acids is 1. The molecule has 0 bridgehead atoms. The van der Waals surface area contributed by atoms with Crippen molar-refractivity contribution in [3.63, 3.8) is 0 Å². The standard InChI is InChI=1S/C18H26ClN3O2/c1-12-8-13(19)10-14(9-12)20-15-4-3-6-22(18(15)24)16-11-21(2)7-5-17(16)23/h8-10,15-17,20,23H,3-7,11H2,1-2H3/t15-,16+,17+/m1/s1. The number of likely N-dealkylation sites (N-methyl/N-ethyl adjacent to an activating group) is 1. The molecule has 2 saturated heterocycles. The summed E-state index contributed by atoms with van der Waals surface area (Å²) in [4.78, 5) is 17.0. The van der Waals surface area contributed by atoms with Gasteiger partial charge in [0, 0.05) is 30.3 Å². The SMILES string of the molecule is Cc1cc(Cl)cc(N[C@@H]2CCCN([C@H]3CN(C)CC[C@@H]3O)C2=O)c1. The molecule has 1 aromatic rings. The van der Waals surface area contributed by atoms with Crippen LogP contribution in [0, 0.1) is 6.92 Å². The smallest absolute Gasteiger partial charge is 0.245 e. The Hall–Kier alpha value is -1.30. The van der Waals surface area contributed by atoms with Crippen molar-refractivity contribution in [1.29, 1.82) is 0 Å². The fourth-order valence-electron chi connectivity index (χ4n) is 3.77. The van der Waals surface area contributed by atoms with Crippen molar-refractivity contribution >= 4 is 23.2 Å². The van der Waals surface area contributed by atoms with Gasteiger partial charge in [0.1, 0.15) is 6.04 Å². The number of hydrogen-bond acceptors (Lipinski definition) is 4. The zero-order valence-electron chi connectivity index (χ0n) is 14.3. The van der Waals surface area contributed by atoms with Gasteiger partial charge in [-0.3, -0.25) is 4.79 Å². The van der Waals surface area contributed by atoms with Gasteiger partial charge in [-0.15, -0.1) is 0 Å². The molecule has 0 aromatic heterocycles. The Kier molecular flexibility index (Phi) is 5.33. The number of aliphatic hydroxyl groups is 1. The molecule has 2 fully saturated rings. The molecular weight excluding hydrogens is 326 g/mol. The fraction of sp³-hybridized carbons (Fsp3) is 0.611. The van der Waals surface area contributed by atoms with E-state index >= 15 is 0 Å². The highest BCUT2D eigenvalue weighted by Gasteiger charge is 2.38. The lowest BCUT2D eigenvalue weighted by Crippen LogP contribution is -2.60. The third-order valence-corrected chi connectivity index (χ3v) is 5.22. The molecule has 3 atom stereocenters. The Balaban J connectivity index is 1.72. The average Bonchev–Trinajstić information content (AvgIpc) is 2.51. The Bertz CT molecular complexity index is 590. The maximum atomic E-state index is 13.0. The van der Waals surface area contributed by atoms with E-state index in [4.69, 9.17) is 11.6 Å². The summed E-state index contributed by atoms with van der Waals surface area (Å²) in [5.41, 5.74) is 1.94. The summed E-state index contributed by atoms with van der Waals surface area (Å²) < 4.78 is 0. The van der Waals surface area contributed by atoms with Crippen LogP contribution in [-0.2, 0) is 4.79 Å². The van der Waals surface area contributed by atoms with Crippen LogP contribution in [-0.4, -0.2) is 65.7 Å². The van der Waals surface area contributed by atoms with Gasteiger partial charge >= 0.3 is 0 Å². The van der Waals surface area contributed by atoms with E-state index in [1.807, 2.05) is 37.1 Å². The molecule has 3 rings (SSSR count). The minimum atomic E-state index is -0.433. The van der Waals surface area contributed by atoms with E-state index in [1.54, 1.807) is 0 Å². The molecule has 24 heavy (non-hydrogen) atoms. The molecule has 6 heteroatoms. The topological polar surface area (TPSA) is 55.8 Å². The summed E-state index contributed by atoms with van der Waals surface area (Å²) in [6, 6.07) is 5.39. The second kappa shape index (κ2) is 7.30. The van der Waals surface area contributed by atoms with E-state index in [0.29, 0.717) is 5.02 Å². The minimum absolute atomic E-state index is 0.0817. The molecule has 0 unspecified atom stereocenters. The van der Waals surface area contributed by atoms with E-state index in [0.717, 1.165) is 50.1 Å². The first-order valence-electron chi connectivity index (χ1n) is 8.65. The van der Waals surface area contributed by atoms with Gasteiger partial charge in [-0.25, -0.2) is 0 Å². The first-order valence-corrected chi connectivity index (χ1v) is 9.02. The van der Waals surface area contributed by atoms with Crippen LogP contribution in [0.5, 0.6) is 0 Å². The second-order valence-corrected chi connectivity index (χ2v) is 7.51. The Labute approximate surface area is 148 Å². The van der Waals surface area contributed by atoms with Gasteiger partial charge in [0.25, 0.3) is 0 Å². The number of halogens is 1. The zero-order valence-corrected chi connectivity index (χ0v) is 15.1. The van der Waals surface area contributed by atoms with Crippen LogP contribution in [0.1, 0.15) is 24.8 Å². The number of anilines is 1. The molecule has 2 heterocycles. The summed E-state index contributed by atoms with van der Waals surface area (Å²) in [5, 5.41) is 14.4. The van der Waals surface area contributed by atoms with Gasteiger partial charge in [0.15, 0.2) is 0 Å². The summed E-state index contributed by atoms with van der Waals surface area (Å²) in [5.74, 6) is 0.0817. The number of aliphatic hydroxyl groups excluding tert-OH is 1. The second-order valence-electron chi connectivity index (χ2n) is 7.07. The summed E-state index contributed by atoms with van der Waals surface area (Å²) in [6.45, 7) is 4.32. The number of carbonyl (C=O) groups is 1. The Morgan fingerprint density at radius 2 is 2.04 bits per heavy atom. The lowest BCUT2D eigenvalue weighted by atomic mass is 9.96. The number of aryl methyl sites for hydroxylation is 1. The highest BCUT2D eigenvalue weighted by Crippen LogP contribution is 2.25. The molecule has 132 valence electrons. The van der Waals surface area contributed by atoms with Crippen molar-refractivity contribution in [2.75, 3.05) is 32.0 Å². The molecule has 0 saturated carbocycles. The van der Waals surface area contributed by atoms with Crippen molar-refractivity contribution in [2.24, 2.45) is 0 Å². The number of nitrogens with one attached hydrogen (secondary N) is 1. The molecule has 1 amide bonds. The highest BCUT2D eigenvalue weighted by atomic mass is 35.5. The van der Waals surface area contributed by atoms with Crippen LogP contribution >= 0.6 is 11.6 Å². The number of amides is 1. The third-order valence-electron chi connectivity index (χ3n) is 5.01. The summed E-state index contributed by atoms with van der Waals surface area (Å²) in [6.07, 6.45) is 2.03. The zero-order chi connectivity index (χ0) is 17.3. The molecule has 0 radical (unpaired) electrons. The molecular formula is C18H26ClN3O2. The first-order chi connectivity index (χ1) is 11.4. The van der Waals surface area contributed by atoms with Gasteiger partial charge in [-0.1, -0.05) is 11.6 Å². The average molecular weight is 352 g/mol. The lowest BCUT2D eigenvalue weighted by Gasteiger charge is -2.44. The maximum Gasteiger partial charge on any atom is 0.245 e. The number of likely N-dealkylation sites (tertiary alicyclic amines) is 2. The van der Waals surface area contributed by atoms with Crippen LogP contribution < -0.4 is 5.32 Å². The number of benzene rings is 1. The van der Waals surface area contributed by atoms with E-state index in [1.165, 1.54) is 0 Å². The maximum absolute atomic E-state index is 13.0. The van der Waals surface area contributed by atoms with Crippen LogP contribution in [0.25, 0.3) is 0 Å². The summed E-state index contributed by atoms with van der Waals surface area (Å²) in [7, 11) is 2.04. The third kappa shape index (κ3) is 3.85. The van der Waals surface area contributed by atoms with E-state index < -0.39 is 6.10 Å². The molecule has 0 aliphatic carbocycles. The van der Waals surface area contributed by atoms with Crippen LogP contribution in [0.15, 0.2) is 18.2 Å². The molecule has 0 spiro atoms. The number of rotatable bonds is 3. The van der Waals surface area contributed by atoms with Gasteiger partial charge in [0.2, 0.25) is 5.91 Å². The largest absolute Gasteiger partial charge is 0.391 e. The van der Waals surface area contributed by atoms with E-state index in [9.17, 15) is 9.90 Å². The molecule has 2 N–H and O–H groups in total. The van der Waals surface area contributed by atoms with Crippen molar-refractivity contribution in [2.45, 2.75) is 44.4 Å². The first kappa shape index (κ1) is 17.5. The van der Waals surface area contributed by atoms with Gasteiger partial charge in [0.05, 0.1) is 12.1 Å². The summed E-state index contributed by atoms with van der Waals surface area (Å²) >= 11 is 6.12. The molecule has 5 nitrogen and oxygen atoms in total. The monoisotopic (exact) mass is 351 g/mol. The quantitative estimate of drug-likeness (QED) is 0.875. The van der Waals surface area contributed by atoms with Gasteiger partial charge < -0.3 is 20.2 Å².